The number of amides is 1. The maximum absolute atomic E-state index is 13.6. The van der Waals surface area contributed by atoms with Crippen LogP contribution in [0, 0.1) is 6.92 Å². The SMILES string of the molecule is CCOc1ccc(NC(=O)C2=C(C)Nc3nc4ccccc4n3C2c2ccc(C)cc2)cc1. The minimum atomic E-state index is -0.308. The van der Waals surface area contributed by atoms with Gasteiger partial charge in [0.1, 0.15) is 5.75 Å². The zero-order valence-electron chi connectivity index (χ0n) is 18.9. The zero-order chi connectivity index (χ0) is 22.9. The summed E-state index contributed by atoms with van der Waals surface area (Å²) in [5.41, 5.74) is 6.22. The third kappa shape index (κ3) is 3.84. The number of hydrogen-bond acceptors (Lipinski definition) is 4. The largest absolute Gasteiger partial charge is 0.494 e. The van der Waals surface area contributed by atoms with Crippen molar-refractivity contribution in [1.82, 2.24) is 9.55 Å². The second-order valence-corrected chi connectivity index (χ2v) is 8.18. The zero-order valence-corrected chi connectivity index (χ0v) is 18.9. The molecule has 1 aliphatic heterocycles. The van der Waals surface area contributed by atoms with E-state index in [0.717, 1.165) is 34.0 Å². The number of nitrogens with one attached hydrogen (secondary N) is 2. The molecule has 0 fully saturated rings. The van der Waals surface area contributed by atoms with Gasteiger partial charge in [-0.15, -0.1) is 0 Å². The lowest BCUT2D eigenvalue weighted by Gasteiger charge is -2.30. The Hall–Kier alpha value is -4.06. The quantitative estimate of drug-likeness (QED) is 0.421. The van der Waals surface area contributed by atoms with Gasteiger partial charge in [0.15, 0.2) is 0 Å². The van der Waals surface area contributed by atoms with E-state index in [0.29, 0.717) is 17.9 Å². The molecule has 2 heterocycles. The van der Waals surface area contributed by atoms with Crippen LogP contribution in [0.1, 0.15) is 31.0 Å². The first-order valence-electron chi connectivity index (χ1n) is 11.1. The third-order valence-corrected chi connectivity index (χ3v) is 5.89. The molecule has 0 bridgehead atoms. The van der Waals surface area contributed by atoms with E-state index in [4.69, 9.17) is 9.72 Å². The molecule has 0 spiro atoms. The highest BCUT2D eigenvalue weighted by molar-refractivity contribution is 6.06. The second-order valence-electron chi connectivity index (χ2n) is 8.18. The fourth-order valence-electron chi connectivity index (χ4n) is 4.32. The Morgan fingerprint density at radius 1 is 1.03 bits per heavy atom. The Balaban J connectivity index is 1.58. The van der Waals surface area contributed by atoms with Gasteiger partial charge in [-0.3, -0.25) is 9.36 Å². The maximum atomic E-state index is 13.6. The molecule has 0 aliphatic carbocycles. The molecular formula is C27H26N4O2. The van der Waals surface area contributed by atoms with Crippen molar-refractivity contribution in [3.05, 3.63) is 95.2 Å². The number of aryl methyl sites for hydroxylation is 1. The Morgan fingerprint density at radius 2 is 1.76 bits per heavy atom. The normalized spacial score (nSPS) is 15.2. The van der Waals surface area contributed by atoms with Crippen molar-refractivity contribution in [3.63, 3.8) is 0 Å². The monoisotopic (exact) mass is 438 g/mol. The van der Waals surface area contributed by atoms with Crippen LogP contribution < -0.4 is 15.4 Å². The number of allylic oxidation sites excluding steroid dienone is 1. The topological polar surface area (TPSA) is 68.2 Å². The Morgan fingerprint density at radius 3 is 2.48 bits per heavy atom. The van der Waals surface area contributed by atoms with Gasteiger partial charge in [-0.2, -0.15) is 0 Å². The van der Waals surface area contributed by atoms with E-state index in [2.05, 4.69) is 46.4 Å². The molecule has 1 atom stereocenters. The Kier molecular flexibility index (Phi) is 5.34. The summed E-state index contributed by atoms with van der Waals surface area (Å²) in [7, 11) is 0. The average Bonchev–Trinajstić information content (AvgIpc) is 3.18. The molecule has 6 nitrogen and oxygen atoms in total. The molecule has 3 aromatic carbocycles. The Labute approximate surface area is 192 Å². The number of para-hydroxylation sites is 2. The fraction of sp³-hybridized carbons (Fsp3) is 0.185. The molecule has 166 valence electrons. The standard InChI is InChI=1S/C27H26N4O2/c1-4-33-21-15-13-20(14-16-21)29-26(32)24-18(3)28-27-30-22-7-5-6-8-23(22)31(27)25(24)19-11-9-17(2)10-12-19/h5-16,25H,4H2,1-3H3,(H,28,30)(H,29,32). The molecule has 0 saturated carbocycles. The predicted molar refractivity (Wildman–Crippen MR) is 132 cm³/mol. The van der Waals surface area contributed by atoms with Gasteiger partial charge in [-0.1, -0.05) is 42.0 Å². The van der Waals surface area contributed by atoms with Gasteiger partial charge in [0, 0.05) is 11.4 Å². The van der Waals surface area contributed by atoms with Crippen LogP contribution in [0.3, 0.4) is 0 Å². The van der Waals surface area contributed by atoms with Crippen molar-refractivity contribution >= 4 is 28.6 Å². The molecule has 4 aromatic rings. The van der Waals surface area contributed by atoms with E-state index < -0.39 is 0 Å². The van der Waals surface area contributed by atoms with Gasteiger partial charge >= 0.3 is 0 Å². The Bertz CT molecular complexity index is 1350. The summed E-state index contributed by atoms with van der Waals surface area (Å²) in [5.74, 6) is 1.35. The fourth-order valence-corrected chi connectivity index (χ4v) is 4.32. The van der Waals surface area contributed by atoms with Crippen molar-refractivity contribution in [1.29, 1.82) is 0 Å². The van der Waals surface area contributed by atoms with Crippen molar-refractivity contribution in [2.45, 2.75) is 26.8 Å². The smallest absolute Gasteiger partial charge is 0.255 e. The summed E-state index contributed by atoms with van der Waals surface area (Å²) in [6, 6.07) is 23.4. The molecule has 0 saturated heterocycles. The molecule has 6 heteroatoms. The molecule has 2 N–H and O–H groups in total. The molecule has 1 aliphatic rings. The number of anilines is 2. The van der Waals surface area contributed by atoms with Crippen molar-refractivity contribution in [2.24, 2.45) is 0 Å². The summed E-state index contributed by atoms with van der Waals surface area (Å²) >= 11 is 0. The summed E-state index contributed by atoms with van der Waals surface area (Å²) in [6.45, 7) is 6.53. The second kappa shape index (κ2) is 8.47. The highest BCUT2D eigenvalue weighted by atomic mass is 16.5. The van der Waals surface area contributed by atoms with Gasteiger partial charge in [0.05, 0.1) is 29.3 Å². The molecule has 33 heavy (non-hydrogen) atoms. The van der Waals surface area contributed by atoms with Crippen molar-refractivity contribution in [2.75, 3.05) is 17.2 Å². The number of aromatic nitrogens is 2. The van der Waals surface area contributed by atoms with Crippen LogP contribution in [-0.4, -0.2) is 22.1 Å². The van der Waals surface area contributed by atoms with Crippen molar-refractivity contribution in [3.8, 4) is 5.75 Å². The number of rotatable bonds is 5. The lowest BCUT2D eigenvalue weighted by molar-refractivity contribution is -0.113. The first kappa shape index (κ1) is 20.8. The molecule has 1 unspecified atom stereocenters. The van der Waals surface area contributed by atoms with Crippen LogP contribution in [0.2, 0.25) is 0 Å². The van der Waals surface area contributed by atoms with Gasteiger partial charge in [0.25, 0.3) is 5.91 Å². The maximum Gasteiger partial charge on any atom is 0.255 e. The summed E-state index contributed by atoms with van der Waals surface area (Å²) in [6.07, 6.45) is 0. The minimum absolute atomic E-state index is 0.154. The van der Waals surface area contributed by atoms with Crippen LogP contribution in [0.5, 0.6) is 5.75 Å². The van der Waals surface area contributed by atoms with E-state index in [9.17, 15) is 4.79 Å². The number of nitrogens with zero attached hydrogens (tertiary/aromatic N) is 2. The predicted octanol–water partition coefficient (Wildman–Crippen LogP) is 5.67. The summed E-state index contributed by atoms with van der Waals surface area (Å²) in [5, 5.41) is 6.42. The molecule has 1 aromatic heterocycles. The first-order valence-corrected chi connectivity index (χ1v) is 11.1. The molecule has 0 radical (unpaired) electrons. The van der Waals surface area contributed by atoms with Gasteiger partial charge in [-0.05, 0) is 62.7 Å². The molecule has 5 rings (SSSR count). The van der Waals surface area contributed by atoms with Crippen LogP contribution in [0.15, 0.2) is 84.1 Å². The average molecular weight is 439 g/mol. The number of carbonyl (C=O) groups excluding carboxylic acids is 1. The lowest BCUT2D eigenvalue weighted by Crippen LogP contribution is -2.30. The lowest BCUT2D eigenvalue weighted by atomic mass is 9.93. The van der Waals surface area contributed by atoms with E-state index in [1.807, 2.05) is 62.4 Å². The van der Waals surface area contributed by atoms with Gasteiger partial charge in [-0.25, -0.2) is 4.98 Å². The number of ether oxygens (including phenoxy) is 1. The number of hydrogen-bond donors (Lipinski definition) is 2. The highest BCUT2D eigenvalue weighted by Crippen LogP contribution is 2.39. The summed E-state index contributed by atoms with van der Waals surface area (Å²) in [4.78, 5) is 18.4. The van der Waals surface area contributed by atoms with E-state index in [1.165, 1.54) is 5.56 Å². The minimum Gasteiger partial charge on any atom is -0.494 e. The number of carbonyl (C=O) groups is 1. The van der Waals surface area contributed by atoms with E-state index in [1.54, 1.807) is 0 Å². The summed E-state index contributed by atoms with van der Waals surface area (Å²) < 4.78 is 7.62. The number of fused-ring (bicyclic) bond motifs is 3. The molecule has 1 amide bonds. The van der Waals surface area contributed by atoms with Gasteiger partial charge in [0.2, 0.25) is 5.95 Å². The van der Waals surface area contributed by atoms with Crippen LogP contribution >= 0.6 is 0 Å². The van der Waals surface area contributed by atoms with Crippen LogP contribution in [-0.2, 0) is 4.79 Å². The van der Waals surface area contributed by atoms with Crippen LogP contribution in [0.4, 0.5) is 11.6 Å². The van der Waals surface area contributed by atoms with E-state index >= 15 is 0 Å². The first-order chi connectivity index (χ1) is 16.0. The molecular weight excluding hydrogens is 412 g/mol. The number of imidazole rings is 1. The van der Waals surface area contributed by atoms with Crippen LogP contribution in [0.25, 0.3) is 11.0 Å². The van der Waals surface area contributed by atoms with E-state index in [-0.39, 0.29) is 11.9 Å². The number of benzene rings is 3. The third-order valence-electron chi connectivity index (χ3n) is 5.89. The highest BCUT2D eigenvalue weighted by Gasteiger charge is 2.34. The van der Waals surface area contributed by atoms with Gasteiger partial charge < -0.3 is 15.4 Å². The van der Waals surface area contributed by atoms with Crippen molar-refractivity contribution < 1.29 is 9.53 Å².